The highest BCUT2D eigenvalue weighted by atomic mass is 16.5. The zero-order valence-corrected chi connectivity index (χ0v) is 11.1. The zero-order chi connectivity index (χ0) is 13.7. The van der Waals surface area contributed by atoms with E-state index in [1.165, 1.54) is 0 Å². The molecule has 0 aromatic carbocycles. The first-order chi connectivity index (χ1) is 9.26. The zero-order valence-electron chi connectivity index (χ0n) is 11.1. The van der Waals surface area contributed by atoms with Crippen LogP contribution in [-0.2, 0) is 16.1 Å². The average molecular weight is 263 g/mol. The molecule has 0 saturated carbocycles. The SMILES string of the molecule is CNc1cc(N2CCOC(C#N)C2)nc(COC)n1. The van der Waals surface area contributed by atoms with Gasteiger partial charge in [-0.2, -0.15) is 5.26 Å². The lowest BCUT2D eigenvalue weighted by Gasteiger charge is -2.30. The Morgan fingerprint density at radius 2 is 2.47 bits per heavy atom. The topological polar surface area (TPSA) is 83.3 Å². The number of anilines is 2. The van der Waals surface area contributed by atoms with Crippen molar-refractivity contribution in [2.75, 3.05) is 44.1 Å². The van der Waals surface area contributed by atoms with Crippen LogP contribution in [0.1, 0.15) is 5.82 Å². The van der Waals surface area contributed by atoms with Gasteiger partial charge in [-0.3, -0.25) is 0 Å². The molecular formula is C12H17N5O2. The highest BCUT2D eigenvalue weighted by molar-refractivity contribution is 5.49. The van der Waals surface area contributed by atoms with E-state index in [2.05, 4.69) is 21.4 Å². The van der Waals surface area contributed by atoms with Crippen molar-refractivity contribution in [3.63, 3.8) is 0 Å². The van der Waals surface area contributed by atoms with Gasteiger partial charge in [-0.25, -0.2) is 9.97 Å². The van der Waals surface area contributed by atoms with Gasteiger partial charge in [0.15, 0.2) is 11.9 Å². The first-order valence-electron chi connectivity index (χ1n) is 6.07. The summed E-state index contributed by atoms with van der Waals surface area (Å²) in [5, 5.41) is 11.9. The molecule has 0 radical (unpaired) electrons. The number of nitrogens with one attached hydrogen (secondary N) is 1. The molecule has 1 fully saturated rings. The van der Waals surface area contributed by atoms with Crippen LogP contribution in [0.4, 0.5) is 11.6 Å². The highest BCUT2D eigenvalue weighted by Crippen LogP contribution is 2.18. The summed E-state index contributed by atoms with van der Waals surface area (Å²) in [4.78, 5) is 10.8. The molecule has 1 aromatic rings. The summed E-state index contributed by atoms with van der Waals surface area (Å²) in [6.45, 7) is 2.11. The summed E-state index contributed by atoms with van der Waals surface area (Å²) in [5.41, 5.74) is 0. The largest absolute Gasteiger partial charge is 0.377 e. The number of rotatable bonds is 4. The minimum atomic E-state index is -0.410. The predicted octanol–water partition coefficient (Wildman–Crippen LogP) is 0.393. The predicted molar refractivity (Wildman–Crippen MR) is 69.9 cm³/mol. The third-order valence-corrected chi connectivity index (χ3v) is 2.82. The van der Waals surface area contributed by atoms with E-state index >= 15 is 0 Å². The van der Waals surface area contributed by atoms with Crippen LogP contribution < -0.4 is 10.2 Å². The van der Waals surface area contributed by atoms with E-state index in [1.54, 1.807) is 14.2 Å². The third-order valence-electron chi connectivity index (χ3n) is 2.82. The van der Waals surface area contributed by atoms with E-state index < -0.39 is 6.10 Å². The van der Waals surface area contributed by atoms with E-state index in [0.717, 1.165) is 11.6 Å². The van der Waals surface area contributed by atoms with Crippen molar-refractivity contribution in [3.8, 4) is 6.07 Å². The van der Waals surface area contributed by atoms with Crippen LogP contribution in [0.25, 0.3) is 0 Å². The van der Waals surface area contributed by atoms with E-state index in [0.29, 0.717) is 32.1 Å². The molecule has 1 aliphatic rings. The van der Waals surface area contributed by atoms with Gasteiger partial charge in [0.05, 0.1) is 19.2 Å². The minimum Gasteiger partial charge on any atom is -0.377 e. The maximum atomic E-state index is 8.93. The van der Waals surface area contributed by atoms with Crippen LogP contribution in [-0.4, -0.2) is 49.9 Å². The summed E-state index contributed by atoms with van der Waals surface area (Å²) in [5.74, 6) is 2.14. The van der Waals surface area contributed by atoms with Gasteiger partial charge in [0.2, 0.25) is 0 Å². The second kappa shape index (κ2) is 6.31. The number of aromatic nitrogens is 2. The maximum absolute atomic E-state index is 8.93. The maximum Gasteiger partial charge on any atom is 0.161 e. The quantitative estimate of drug-likeness (QED) is 0.841. The van der Waals surface area contributed by atoms with Crippen molar-refractivity contribution in [1.82, 2.24) is 9.97 Å². The number of nitrogens with zero attached hydrogens (tertiary/aromatic N) is 4. The summed E-state index contributed by atoms with van der Waals surface area (Å²) in [6, 6.07) is 3.98. The molecule has 2 rings (SSSR count). The molecule has 102 valence electrons. The van der Waals surface area contributed by atoms with Gasteiger partial charge >= 0.3 is 0 Å². The lowest BCUT2D eigenvalue weighted by molar-refractivity contribution is 0.0761. The highest BCUT2D eigenvalue weighted by Gasteiger charge is 2.21. The number of ether oxygens (including phenoxy) is 2. The van der Waals surface area contributed by atoms with E-state index in [-0.39, 0.29) is 0 Å². The molecule has 7 nitrogen and oxygen atoms in total. The summed E-state index contributed by atoms with van der Waals surface area (Å²) >= 11 is 0. The number of hydrogen-bond acceptors (Lipinski definition) is 7. The number of morpholine rings is 1. The van der Waals surface area contributed by atoms with E-state index in [9.17, 15) is 0 Å². The van der Waals surface area contributed by atoms with Gasteiger partial charge in [0.25, 0.3) is 0 Å². The first-order valence-corrected chi connectivity index (χ1v) is 6.07. The second-order valence-corrected chi connectivity index (χ2v) is 4.15. The van der Waals surface area contributed by atoms with Crippen LogP contribution in [0, 0.1) is 11.3 Å². The molecular weight excluding hydrogens is 246 g/mol. The monoisotopic (exact) mass is 263 g/mol. The van der Waals surface area contributed by atoms with Gasteiger partial charge in [-0.15, -0.1) is 0 Å². The Balaban J connectivity index is 2.22. The molecule has 2 heterocycles. The van der Waals surface area contributed by atoms with E-state index in [4.69, 9.17) is 14.7 Å². The Hall–Kier alpha value is -1.91. The smallest absolute Gasteiger partial charge is 0.161 e. The molecule has 1 atom stereocenters. The van der Waals surface area contributed by atoms with Gasteiger partial charge in [0.1, 0.15) is 18.2 Å². The van der Waals surface area contributed by atoms with Crippen LogP contribution >= 0.6 is 0 Å². The van der Waals surface area contributed by atoms with E-state index in [1.807, 2.05) is 11.0 Å². The van der Waals surface area contributed by atoms with Gasteiger partial charge in [-0.1, -0.05) is 0 Å². The van der Waals surface area contributed by atoms with Crippen molar-refractivity contribution >= 4 is 11.6 Å². The molecule has 0 aliphatic carbocycles. The van der Waals surface area contributed by atoms with Gasteiger partial charge in [-0.05, 0) is 0 Å². The Morgan fingerprint density at radius 3 is 3.16 bits per heavy atom. The number of nitriles is 1. The standard InChI is InChI=1S/C12H17N5O2/c1-14-10-5-12(16-11(15-10)8-18-2)17-3-4-19-9(6-13)7-17/h5,9H,3-4,7-8H2,1-2H3,(H,14,15,16). The summed E-state index contributed by atoms with van der Waals surface area (Å²) in [6.07, 6.45) is -0.410. The van der Waals surface area contributed by atoms with Crippen molar-refractivity contribution in [1.29, 1.82) is 5.26 Å². The molecule has 1 saturated heterocycles. The minimum absolute atomic E-state index is 0.356. The van der Waals surface area contributed by atoms with Gasteiger partial charge < -0.3 is 19.7 Å². The normalized spacial score (nSPS) is 19.0. The van der Waals surface area contributed by atoms with Crippen LogP contribution in [0.5, 0.6) is 0 Å². The van der Waals surface area contributed by atoms with Crippen LogP contribution in [0.2, 0.25) is 0 Å². The summed E-state index contributed by atoms with van der Waals surface area (Å²) in [7, 11) is 3.41. The Kier molecular flexibility index (Phi) is 4.49. The summed E-state index contributed by atoms with van der Waals surface area (Å²) < 4.78 is 10.4. The molecule has 0 bridgehead atoms. The number of methoxy groups -OCH3 is 1. The van der Waals surface area contributed by atoms with Crippen molar-refractivity contribution < 1.29 is 9.47 Å². The molecule has 1 aromatic heterocycles. The Morgan fingerprint density at radius 1 is 1.63 bits per heavy atom. The number of hydrogen-bond donors (Lipinski definition) is 1. The fourth-order valence-electron chi connectivity index (χ4n) is 1.90. The van der Waals surface area contributed by atoms with Crippen LogP contribution in [0.15, 0.2) is 6.07 Å². The first kappa shape index (κ1) is 13.5. The lowest BCUT2D eigenvalue weighted by atomic mass is 10.3. The molecule has 0 spiro atoms. The molecule has 1 N–H and O–H groups in total. The molecule has 1 unspecified atom stereocenters. The second-order valence-electron chi connectivity index (χ2n) is 4.15. The van der Waals surface area contributed by atoms with Crippen LogP contribution in [0.3, 0.4) is 0 Å². The lowest BCUT2D eigenvalue weighted by Crippen LogP contribution is -2.42. The molecule has 19 heavy (non-hydrogen) atoms. The molecule has 1 aliphatic heterocycles. The fraction of sp³-hybridized carbons (Fsp3) is 0.583. The Labute approximate surface area is 112 Å². The third kappa shape index (κ3) is 3.30. The average Bonchev–Trinajstić information content (AvgIpc) is 2.47. The van der Waals surface area contributed by atoms with Crippen molar-refractivity contribution in [3.05, 3.63) is 11.9 Å². The van der Waals surface area contributed by atoms with Crippen molar-refractivity contribution in [2.45, 2.75) is 12.7 Å². The molecule has 0 amide bonds. The molecule has 7 heteroatoms. The van der Waals surface area contributed by atoms with Gasteiger partial charge in [0, 0.05) is 26.8 Å². The fourth-order valence-corrected chi connectivity index (χ4v) is 1.90. The Bertz CT molecular complexity index is 474. The van der Waals surface area contributed by atoms with Crippen molar-refractivity contribution in [2.24, 2.45) is 0 Å².